The standard InChI is InChI=1S/C12H18N4O/c13-10-3-1-2-4-11(10)15-12(17)9-16-7-5-14-6-8-16/h1-4,14H,5-9,13H2,(H,15,17). The number of benzene rings is 1. The maximum absolute atomic E-state index is 11.8. The van der Waals surface area contributed by atoms with Crippen molar-refractivity contribution in [3.05, 3.63) is 24.3 Å². The summed E-state index contributed by atoms with van der Waals surface area (Å²) in [5, 5.41) is 6.08. The fraction of sp³-hybridized carbons (Fsp3) is 0.417. The van der Waals surface area contributed by atoms with Gasteiger partial charge in [0.25, 0.3) is 0 Å². The van der Waals surface area contributed by atoms with Crippen LogP contribution in [0.4, 0.5) is 11.4 Å². The predicted octanol–water partition coefficient (Wildman–Crippen LogP) is 0.112. The van der Waals surface area contributed by atoms with Crippen molar-refractivity contribution in [3.8, 4) is 0 Å². The van der Waals surface area contributed by atoms with E-state index in [1.54, 1.807) is 6.07 Å². The number of para-hydroxylation sites is 2. The number of nitrogens with zero attached hydrogens (tertiary/aromatic N) is 1. The second kappa shape index (κ2) is 5.65. The fourth-order valence-corrected chi connectivity index (χ4v) is 1.87. The van der Waals surface area contributed by atoms with Gasteiger partial charge in [-0.05, 0) is 12.1 Å². The Balaban J connectivity index is 1.86. The highest BCUT2D eigenvalue weighted by Crippen LogP contribution is 2.16. The van der Waals surface area contributed by atoms with Crippen LogP contribution >= 0.6 is 0 Å². The zero-order valence-electron chi connectivity index (χ0n) is 9.78. The van der Waals surface area contributed by atoms with Crippen molar-refractivity contribution >= 4 is 17.3 Å². The molecule has 0 aromatic heterocycles. The van der Waals surface area contributed by atoms with Gasteiger partial charge in [-0.25, -0.2) is 0 Å². The molecule has 0 spiro atoms. The Hall–Kier alpha value is -1.59. The highest BCUT2D eigenvalue weighted by molar-refractivity contribution is 5.95. The van der Waals surface area contributed by atoms with Gasteiger partial charge in [0.15, 0.2) is 0 Å². The molecule has 5 heteroatoms. The third-order valence-electron chi connectivity index (χ3n) is 2.81. The van der Waals surface area contributed by atoms with Crippen LogP contribution < -0.4 is 16.4 Å². The van der Waals surface area contributed by atoms with Crippen molar-refractivity contribution in [2.24, 2.45) is 0 Å². The van der Waals surface area contributed by atoms with Crippen LogP contribution in [0, 0.1) is 0 Å². The largest absolute Gasteiger partial charge is 0.397 e. The second-order valence-electron chi connectivity index (χ2n) is 4.16. The number of carbonyl (C=O) groups excluding carboxylic acids is 1. The zero-order valence-corrected chi connectivity index (χ0v) is 9.78. The van der Waals surface area contributed by atoms with Gasteiger partial charge < -0.3 is 16.4 Å². The Bertz CT molecular complexity index is 388. The van der Waals surface area contributed by atoms with E-state index in [0.717, 1.165) is 26.2 Å². The van der Waals surface area contributed by atoms with Crippen LogP contribution in [0.2, 0.25) is 0 Å². The van der Waals surface area contributed by atoms with Crippen LogP contribution in [0.15, 0.2) is 24.3 Å². The number of nitrogen functional groups attached to an aromatic ring is 1. The van der Waals surface area contributed by atoms with E-state index in [0.29, 0.717) is 17.9 Å². The Labute approximate surface area is 101 Å². The summed E-state index contributed by atoms with van der Waals surface area (Å²) in [6.45, 7) is 4.15. The van der Waals surface area contributed by atoms with Crippen molar-refractivity contribution in [1.82, 2.24) is 10.2 Å². The van der Waals surface area contributed by atoms with E-state index in [1.807, 2.05) is 18.2 Å². The molecule has 0 radical (unpaired) electrons. The topological polar surface area (TPSA) is 70.4 Å². The molecule has 17 heavy (non-hydrogen) atoms. The van der Waals surface area contributed by atoms with Gasteiger partial charge in [0.1, 0.15) is 0 Å². The van der Waals surface area contributed by atoms with E-state index in [9.17, 15) is 4.79 Å². The Kier molecular flexibility index (Phi) is 3.95. The van der Waals surface area contributed by atoms with Crippen molar-refractivity contribution in [2.45, 2.75) is 0 Å². The molecule has 1 saturated heterocycles. The molecule has 0 bridgehead atoms. The van der Waals surface area contributed by atoms with Crippen LogP contribution in [-0.2, 0) is 4.79 Å². The lowest BCUT2D eigenvalue weighted by Gasteiger charge is -2.26. The summed E-state index contributed by atoms with van der Waals surface area (Å²) < 4.78 is 0. The zero-order chi connectivity index (χ0) is 12.1. The molecule has 5 nitrogen and oxygen atoms in total. The summed E-state index contributed by atoms with van der Waals surface area (Å²) in [6.07, 6.45) is 0. The van der Waals surface area contributed by atoms with Crippen molar-refractivity contribution in [1.29, 1.82) is 0 Å². The van der Waals surface area contributed by atoms with Gasteiger partial charge in [0, 0.05) is 26.2 Å². The van der Waals surface area contributed by atoms with Gasteiger partial charge in [-0.3, -0.25) is 9.69 Å². The lowest BCUT2D eigenvalue weighted by Crippen LogP contribution is -2.46. The number of carbonyl (C=O) groups is 1. The summed E-state index contributed by atoms with van der Waals surface area (Å²) >= 11 is 0. The summed E-state index contributed by atoms with van der Waals surface area (Å²) in [5.41, 5.74) is 7.05. The number of nitrogens with two attached hydrogens (primary N) is 1. The number of piperazine rings is 1. The Morgan fingerprint density at radius 2 is 2.06 bits per heavy atom. The van der Waals surface area contributed by atoms with Crippen LogP contribution in [-0.4, -0.2) is 43.5 Å². The number of amides is 1. The molecule has 2 rings (SSSR count). The molecule has 1 aromatic carbocycles. The molecule has 0 unspecified atom stereocenters. The van der Waals surface area contributed by atoms with E-state index >= 15 is 0 Å². The van der Waals surface area contributed by atoms with Gasteiger partial charge >= 0.3 is 0 Å². The van der Waals surface area contributed by atoms with Gasteiger partial charge in [-0.1, -0.05) is 12.1 Å². The summed E-state index contributed by atoms with van der Waals surface area (Å²) in [6, 6.07) is 7.30. The molecule has 0 atom stereocenters. The smallest absolute Gasteiger partial charge is 0.238 e. The summed E-state index contributed by atoms with van der Waals surface area (Å²) in [7, 11) is 0. The van der Waals surface area contributed by atoms with E-state index in [-0.39, 0.29) is 5.91 Å². The fourth-order valence-electron chi connectivity index (χ4n) is 1.87. The van der Waals surface area contributed by atoms with E-state index in [1.165, 1.54) is 0 Å². The average Bonchev–Trinajstić information content (AvgIpc) is 2.33. The third kappa shape index (κ3) is 3.44. The molecule has 1 amide bonds. The molecule has 4 N–H and O–H groups in total. The first-order valence-corrected chi connectivity index (χ1v) is 5.83. The minimum atomic E-state index is -0.00944. The highest BCUT2D eigenvalue weighted by Gasteiger charge is 2.13. The molecule has 1 fully saturated rings. The molecular weight excluding hydrogens is 216 g/mol. The van der Waals surface area contributed by atoms with Gasteiger partial charge in [0.2, 0.25) is 5.91 Å². The number of nitrogens with one attached hydrogen (secondary N) is 2. The first-order valence-electron chi connectivity index (χ1n) is 5.83. The van der Waals surface area contributed by atoms with Crippen LogP contribution in [0.25, 0.3) is 0 Å². The van der Waals surface area contributed by atoms with Crippen LogP contribution in [0.5, 0.6) is 0 Å². The minimum absolute atomic E-state index is 0.00944. The van der Waals surface area contributed by atoms with Gasteiger partial charge in [-0.15, -0.1) is 0 Å². The number of hydrogen-bond acceptors (Lipinski definition) is 4. The van der Waals surface area contributed by atoms with Gasteiger partial charge in [0.05, 0.1) is 17.9 Å². The summed E-state index contributed by atoms with van der Waals surface area (Å²) in [5.74, 6) is -0.00944. The lowest BCUT2D eigenvalue weighted by atomic mass is 10.2. The molecule has 1 aliphatic heterocycles. The van der Waals surface area contributed by atoms with E-state index < -0.39 is 0 Å². The number of hydrogen-bond donors (Lipinski definition) is 3. The van der Waals surface area contributed by atoms with Crippen molar-refractivity contribution in [3.63, 3.8) is 0 Å². The van der Waals surface area contributed by atoms with E-state index in [4.69, 9.17) is 5.73 Å². The Morgan fingerprint density at radius 3 is 2.76 bits per heavy atom. The quantitative estimate of drug-likeness (QED) is 0.649. The average molecular weight is 234 g/mol. The molecule has 92 valence electrons. The first-order chi connectivity index (χ1) is 8.25. The summed E-state index contributed by atoms with van der Waals surface area (Å²) in [4.78, 5) is 13.9. The SMILES string of the molecule is Nc1ccccc1NC(=O)CN1CCNCC1. The van der Waals surface area contributed by atoms with E-state index in [2.05, 4.69) is 15.5 Å². The van der Waals surface area contributed by atoms with Gasteiger partial charge in [-0.2, -0.15) is 0 Å². The normalized spacial score (nSPS) is 16.7. The lowest BCUT2D eigenvalue weighted by molar-refractivity contribution is -0.117. The van der Waals surface area contributed by atoms with Crippen molar-refractivity contribution in [2.75, 3.05) is 43.8 Å². The minimum Gasteiger partial charge on any atom is -0.397 e. The molecular formula is C12H18N4O. The molecule has 1 aromatic rings. The molecule has 1 heterocycles. The monoisotopic (exact) mass is 234 g/mol. The number of rotatable bonds is 3. The molecule has 1 aliphatic rings. The maximum atomic E-state index is 11.8. The van der Waals surface area contributed by atoms with Crippen LogP contribution in [0.1, 0.15) is 0 Å². The van der Waals surface area contributed by atoms with Crippen molar-refractivity contribution < 1.29 is 4.79 Å². The van der Waals surface area contributed by atoms with Crippen LogP contribution in [0.3, 0.4) is 0 Å². The molecule has 0 saturated carbocycles. The number of anilines is 2. The highest BCUT2D eigenvalue weighted by atomic mass is 16.2. The Morgan fingerprint density at radius 1 is 1.35 bits per heavy atom. The predicted molar refractivity (Wildman–Crippen MR) is 68.8 cm³/mol. The maximum Gasteiger partial charge on any atom is 0.238 e. The molecule has 0 aliphatic carbocycles. The second-order valence-corrected chi connectivity index (χ2v) is 4.16. The first kappa shape index (κ1) is 11.9. The third-order valence-corrected chi connectivity index (χ3v) is 2.81.